The third kappa shape index (κ3) is 3.43. The van der Waals surface area contributed by atoms with Crippen LogP contribution in [0.15, 0.2) is 24.3 Å². The van der Waals surface area contributed by atoms with E-state index in [4.69, 9.17) is 5.11 Å². The van der Waals surface area contributed by atoms with Crippen molar-refractivity contribution in [1.29, 1.82) is 0 Å². The van der Waals surface area contributed by atoms with Crippen molar-refractivity contribution in [2.45, 2.75) is 13.0 Å². The molecule has 0 fully saturated rings. The standard InChI is InChI=1S/C11H12FNO3/c1-7(13-6-10(14)15)11(16)8-2-4-9(12)5-3-8/h2-5,7,13H,6H2,1H3,(H,14,15). The molecule has 0 aliphatic heterocycles. The van der Waals surface area contributed by atoms with Gasteiger partial charge in [0.05, 0.1) is 12.6 Å². The molecule has 86 valence electrons. The van der Waals surface area contributed by atoms with E-state index < -0.39 is 17.8 Å². The second-order valence-corrected chi connectivity index (χ2v) is 3.37. The highest BCUT2D eigenvalue weighted by Gasteiger charge is 2.15. The molecule has 0 spiro atoms. The van der Waals surface area contributed by atoms with Gasteiger partial charge in [0.1, 0.15) is 5.82 Å². The Bertz CT molecular complexity index is 389. The van der Waals surface area contributed by atoms with Crippen molar-refractivity contribution in [3.63, 3.8) is 0 Å². The lowest BCUT2D eigenvalue weighted by molar-refractivity contribution is -0.136. The van der Waals surface area contributed by atoms with Crippen LogP contribution in [0.2, 0.25) is 0 Å². The smallest absolute Gasteiger partial charge is 0.317 e. The minimum Gasteiger partial charge on any atom is -0.480 e. The van der Waals surface area contributed by atoms with Crippen molar-refractivity contribution < 1.29 is 19.1 Å². The number of aliphatic carboxylic acids is 1. The van der Waals surface area contributed by atoms with Gasteiger partial charge in [0.15, 0.2) is 5.78 Å². The van der Waals surface area contributed by atoms with E-state index in [1.54, 1.807) is 6.92 Å². The van der Waals surface area contributed by atoms with Gasteiger partial charge in [-0.2, -0.15) is 0 Å². The van der Waals surface area contributed by atoms with E-state index in [9.17, 15) is 14.0 Å². The molecular formula is C11H12FNO3. The minimum absolute atomic E-state index is 0.263. The summed E-state index contributed by atoms with van der Waals surface area (Å²) in [5.74, 6) is -1.71. The molecule has 1 atom stereocenters. The summed E-state index contributed by atoms with van der Waals surface area (Å²) in [7, 11) is 0. The number of ketones is 1. The number of carboxylic acids is 1. The van der Waals surface area contributed by atoms with E-state index in [-0.39, 0.29) is 12.3 Å². The lowest BCUT2D eigenvalue weighted by Crippen LogP contribution is -2.37. The summed E-state index contributed by atoms with van der Waals surface area (Å²) in [5, 5.41) is 11.0. The zero-order chi connectivity index (χ0) is 12.1. The van der Waals surface area contributed by atoms with Crippen LogP contribution < -0.4 is 5.32 Å². The summed E-state index contributed by atoms with van der Waals surface area (Å²) in [6.45, 7) is 1.28. The SMILES string of the molecule is CC(NCC(=O)O)C(=O)c1ccc(F)cc1. The summed E-state index contributed by atoms with van der Waals surface area (Å²) < 4.78 is 12.6. The highest BCUT2D eigenvalue weighted by atomic mass is 19.1. The minimum atomic E-state index is -1.03. The molecule has 0 aromatic heterocycles. The Labute approximate surface area is 92.1 Å². The maximum Gasteiger partial charge on any atom is 0.317 e. The average Bonchev–Trinajstić information content (AvgIpc) is 2.26. The molecule has 0 bridgehead atoms. The van der Waals surface area contributed by atoms with Gasteiger partial charge in [0, 0.05) is 5.56 Å². The van der Waals surface area contributed by atoms with Gasteiger partial charge in [0.25, 0.3) is 0 Å². The Morgan fingerprint density at radius 1 is 1.38 bits per heavy atom. The summed E-state index contributed by atoms with van der Waals surface area (Å²) in [6.07, 6.45) is 0. The Balaban J connectivity index is 2.63. The number of carbonyl (C=O) groups excluding carboxylic acids is 1. The average molecular weight is 225 g/mol. The molecule has 0 radical (unpaired) electrons. The maximum atomic E-state index is 12.6. The first-order valence-electron chi connectivity index (χ1n) is 4.75. The van der Waals surface area contributed by atoms with Crippen molar-refractivity contribution >= 4 is 11.8 Å². The molecule has 4 nitrogen and oxygen atoms in total. The van der Waals surface area contributed by atoms with Crippen molar-refractivity contribution in [2.24, 2.45) is 0 Å². The number of hydrogen-bond donors (Lipinski definition) is 2. The lowest BCUT2D eigenvalue weighted by atomic mass is 10.1. The molecular weight excluding hydrogens is 213 g/mol. The van der Waals surface area contributed by atoms with E-state index in [0.717, 1.165) is 0 Å². The molecule has 0 amide bonds. The quantitative estimate of drug-likeness (QED) is 0.736. The van der Waals surface area contributed by atoms with Gasteiger partial charge in [-0.1, -0.05) is 0 Å². The van der Waals surface area contributed by atoms with Crippen LogP contribution in [0, 0.1) is 5.82 Å². The molecule has 5 heteroatoms. The fourth-order valence-corrected chi connectivity index (χ4v) is 1.20. The molecule has 2 N–H and O–H groups in total. The third-order valence-electron chi connectivity index (χ3n) is 2.08. The first-order valence-corrected chi connectivity index (χ1v) is 4.75. The van der Waals surface area contributed by atoms with Gasteiger partial charge < -0.3 is 5.11 Å². The Morgan fingerprint density at radius 3 is 2.44 bits per heavy atom. The number of benzene rings is 1. The molecule has 0 saturated carbocycles. The number of carboxylic acid groups (broad SMARTS) is 1. The number of hydrogen-bond acceptors (Lipinski definition) is 3. The second kappa shape index (κ2) is 5.37. The van der Waals surface area contributed by atoms with E-state index in [2.05, 4.69) is 5.32 Å². The number of halogens is 1. The third-order valence-corrected chi connectivity index (χ3v) is 2.08. The summed E-state index contributed by atoms with van der Waals surface area (Å²) in [5.41, 5.74) is 0.354. The predicted molar refractivity (Wildman–Crippen MR) is 55.8 cm³/mol. The van der Waals surface area contributed by atoms with Crippen molar-refractivity contribution in [1.82, 2.24) is 5.32 Å². The highest BCUT2D eigenvalue weighted by molar-refractivity contribution is 6.00. The molecule has 0 aliphatic carbocycles. The Morgan fingerprint density at radius 2 is 1.94 bits per heavy atom. The first-order chi connectivity index (χ1) is 7.50. The summed E-state index contributed by atoms with van der Waals surface area (Å²) in [6, 6.07) is 4.52. The van der Waals surface area contributed by atoms with E-state index in [0.29, 0.717) is 5.56 Å². The summed E-state index contributed by atoms with van der Waals surface area (Å²) in [4.78, 5) is 22.0. The van der Waals surface area contributed by atoms with Crippen LogP contribution >= 0.6 is 0 Å². The van der Waals surface area contributed by atoms with Crippen LogP contribution in [0.5, 0.6) is 0 Å². The van der Waals surface area contributed by atoms with Crippen LogP contribution in [0.25, 0.3) is 0 Å². The van der Waals surface area contributed by atoms with E-state index in [1.807, 2.05) is 0 Å². The molecule has 16 heavy (non-hydrogen) atoms. The van der Waals surface area contributed by atoms with Crippen LogP contribution in [0.4, 0.5) is 4.39 Å². The second-order valence-electron chi connectivity index (χ2n) is 3.37. The zero-order valence-electron chi connectivity index (χ0n) is 8.74. The molecule has 1 aromatic rings. The molecule has 1 rings (SSSR count). The monoisotopic (exact) mass is 225 g/mol. The van der Waals surface area contributed by atoms with E-state index in [1.165, 1.54) is 24.3 Å². The van der Waals surface area contributed by atoms with Crippen molar-refractivity contribution in [3.8, 4) is 0 Å². The number of rotatable bonds is 5. The van der Waals surface area contributed by atoms with Crippen LogP contribution in [0.1, 0.15) is 17.3 Å². The van der Waals surface area contributed by atoms with Gasteiger partial charge in [-0.05, 0) is 31.2 Å². The van der Waals surface area contributed by atoms with Crippen molar-refractivity contribution in [3.05, 3.63) is 35.6 Å². The van der Waals surface area contributed by atoms with Crippen molar-refractivity contribution in [2.75, 3.05) is 6.54 Å². The highest BCUT2D eigenvalue weighted by Crippen LogP contribution is 2.05. The molecule has 1 unspecified atom stereocenters. The fourth-order valence-electron chi connectivity index (χ4n) is 1.20. The molecule has 1 aromatic carbocycles. The molecule has 0 heterocycles. The maximum absolute atomic E-state index is 12.6. The molecule has 0 saturated heterocycles. The van der Waals surface area contributed by atoms with Gasteiger partial charge in [-0.15, -0.1) is 0 Å². The van der Waals surface area contributed by atoms with Gasteiger partial charge in [-0.3, -0.25) is 14.9 Å². The van der Waals surface area contributed by atoms with Gasteiger partial charge in [0.2, 0.25) is 0 Å². The Hall–Kier alpha value is -1.75. The fraction of sp³-hybridized carbons (Fsp3) is 0.273. The molecule has 0 aliphatic rings. The summed E-state index contributed by atoms with van der Waals surface area (Å²) >= 11 is 0. The number of carbonyl (C=O) groups is 2. The lowest BCUT2D eigenvalue weighted by Gasteiger charge is -2.10. The number of Topliss-reactive ketones (excluding diaryl/α,β-unsaturated/α-hetero) is 1. The predicted octanol–water partition coefficient (Wildman–Crippen LogP) is 1.07. The Kier molecular flexibility index (Phi) is 4.13. The van der Waals surface area contributed by atoms with Crippen LogP contribution in [-0.2, 0) is 4.79 Å². The topological polar surface area (TPSA) is 66.4 Å². The van der Waals surface area contributed by atoms with E-state index >= 15 is 0 Å². The van der Waals surface area contributed by atoms with Crippen LogP contribution in [0.3, 0.4) is 0 Å². The van der Waals surface area contributed by atoms with Gasteiger partial charge >= 0.3 is 5.97 Å². The largest absolute Gasteiger partial charge is 0.480 e. The first kappa shape index (κ1) is 12.3. The van der Waals surface area contributed by atoms with Gasteiger partial charge in [-0.25, -0.2) is 4.39 Å². The zero-order valence-corrected chi connectivity index (χ0v) is 8.74. The van der Waals surface area contributed by atoms with Crippen LogP contribution in [-0.4, -0.2) is 29.4 Å². The normalized spacial score (nSPS) is 12.1. The number of nitrogens with one attached hydrogen (secondary N) is 1.